The maximum Gasteiger partial charge on any atom is 0.273 e. The van der Waals surface area contributed by atoms with Crippen molar-refractivity contribution in [3.8, 4) is 0 Å². The van der Waals surface area contributed by atoms with Gasteiger partial charge < -0.3 is 10.7 Å². The smallest absolute Gasteiger partial charge is 0.273 e. The normalized spacial score (nSPS) is 16.9. The first kappa shape index (κ1) is 15.2. The van der Waals surface area contributed by atoms with Crippen molar-refractivity contribution >= 4 is 34.3 Å². The predicted octanol–water partition coefficient (Wildman–Crippen LogP) is 3.42. The van der Waals surface area contributed by atoms with Crippen LogP contribution in [0.3, 0.4) is 0 Å². The molecule has 25 heavy (non-hydrogen) atoms. The molecular formula is C20H18N4O. The first-order chi connectivity index (χ1) is 12.1. The van der Waals surface area contributed by atoms with Gasteiger partial charge in [-0.25, -0.2) is 5.43 Å². The molecule has 124 valence electrons. The summed E-state index contributed by atoms with van der Waals surface area (Å²) in [5.74, 6) is -0.203. The van der Waals surface area contributed by atoms with Crippen LogP contribution in [0.5, 0.6) is 0 Å². The molecule has 4 N–H and O–H groups in total. The number of H-pyrrole nitrogens is 1. The molecule has 2 aromatic carbocycles. The number of aromatic nitrogens is 1. The third-order valence-corrected chi connectivity index (χ3v) is 4.50. The lowest BCUT2D eigenvalue weighted by atomic mass is 9.91. The summed E-state index contributed by atoms with van der Waals surface area (Å²) in [7, 11) is 0. The van der Waals surface area contributed by atoms with E-state index in [1.807, 2.05) is 67.6 Å². The van der Waals surface area contributed by atoms with E-state index in [1.165, 1.54) is 0 Å². The van der Waals surface area contributed by atoms with Crippen molar-refractivity contribution in [2.24, 2.45) is 5.10 Å². The molecule has 1 amide bonds. The molecule has 1 atom stereocenters. The van der Waals surface area contributed by atoms with Crippen LogP contribution in [0.25, 0.3) is 17.0 Å². The van der Waals surface area contributed by atoms with Gasteiger partial charge in [0.05, 0.1) is 11.3 Å². The number of nitrogen functional groups attached to an aromatic ring is 1. The summed E-state index contributed by atoms with van der Waals surface area (Å²) in [5, 5.41) is 5.36. The molecule has 5 heteroatoms. The van der Waals surface area contributed by atoms with Gasteiger partial charge in [0.1, 0.15) is 0 Å². The van der Waals surface area contributed by atoms with Gasteiger partial charge in [-0.05, 0) is 41.3 Å². The highest BCUT2D eigenvalue weighted by molar-refractivity contribution is 6.29. The van der Waals surface area contributed by atoms with Crippen LogP contribution in [-0.2, 0) is 4.79 Å². The third kappa shape index (κ3) is 2.80. The Balaban J connectivity index is 1.70. The molecule has 0 bridgehead atoms. The number of para-hydroxylation sites is 1. The molecule has 0 aliphatic carbocycles. The Morgan fingerprint density at radius 3 is 2.64 bits per heavy atom. The zero-order chi connectivity index (χ0) is 17.4. The van der Waals surface area contributed by atoms with Crippen molar-refractivity contribution in [1.82, 2.24) is 10.4 Å². The molecule has 0 saturated heterocycles. The summed E-state index contributed by atoms with van der Waals surface area (Å²) in [4.78, 5) is 15.6. The maximum atomic E-state index is 12.3. The predicted molar refractivity (Wildman–Crippen MR) is 101 cm³/mol. The van der Waals surface area contributed by atoms with Crippen molar-refractivity contribution in [3.63, 3.8) is 0 Å². The summed E-state index contributed by atoms with van der Waals surface area (Å²) in [6.45, 7) is 2.03. The van der Waals surface area contributed by atoms with Crippen LogP contribution < -0.4 is 11.2 Å². The molecular weight excluding hydrogens is 312 g/mol. The van der Waals surface area contributed by atoms with Crippen molar-refractivity contribution in [2.45, 2.75) is 12.8 Å². The lowest BCUT2D eigenvalue weighted by molar-refractivity contribution is -0.116. The molecule has 4 rings (SSSR count). The summed E-state index contributed by atoms with van der Waals surface area (Å²) in [6.07, 6.45) is 1.86. The number of aromatic amines is 1. The molecule has 0 fully saturated rings. The first-order valence-electron chi connectivity index (χ1n) is 8.15. The number of benzene rings is 2. The highest BCUT2D eigenvalue weighted by Gasteiger charge is 2.27. The van der Waals surface area contributed by atoms with Gasteiger partial charge >= 0.3 is 0 Å². The van der Waals surface area contributed by atoms with Crippen LogP contribution in [0, 0.1) is 0 Å². The van der Waals surface area contributed by atoms with Crippen molar-refractivity contribution < 1.29 is 4.79 Å². The zero-order valence-electron chi connectivity index (χ0n) is 13.8. The van der Waals surface area contributed by atoms with Gasteiger partial charge in [-0.3, -0.25) is 4.79 Å². The second-order valence-corrected chi connectivity index (χ2v) is 6.20. The number of carbonyl (C=O) groups is 1. The minimum Gasteiger partial charge on any atom is -0.399 e. The number of anilines is 1. The molecule has 0 saturated carbocycles. The highest BCUT2D eigenvalue weighted by atomic mass is 16.2. The van der Waals surface area contributed by atoms with E-state index in [2.05, 4.69) is 15.5 Å². The summed E-state index contributed by atoms with van der Waals surface area (Å²) in [5.41, 5.74) is 13.3. The molecule has 3 aromatic rings. The lowest BCUT2D eigenvalue weighted by Crippen LogP contribution is -2.15. The average Bonchev–Trinajstić information content (AvgIpc) is 3.19. The molecule has 0 spiro atoms. The summed E-state index contributed by atoms with van der Waals surface area (Å²) >= 11 is 0. The molecule has 5 nitrogen and oxygen atoms in total. The standard InChI is InChI=1S/C20H18N4O/c1-12(13-6-8-15(21)9-7-13)19-17(20(25)24-23-19)11-16-10-14-4-2-3-5-18(14)22-16/h2-12,22H,21H2,1H3,(H,24,25)/b17-11+. The number of amides is 1. The minimum absolute atomic E-state index is 0.0184. The van der Waals surface area contributed by atoms with Crippen LogP contribution >= 0.6 is 0 Å². The number of nitrogens with two attached hydrogens (primary N) is 1. The number of hydrogen-bond donors (Lipinski definition) is 3. The first-order valence-corrected chi connectivity index (χ1v) is 8.15. The van der Waals surface area contributed by atoms with Gasteiger partial charge in [-0.1, -0.05) is 37.3 Å². The zero-order valence-corrected chi connectivity index (χ0v) is 13.8. The van der Waals surface area contributed by atoms with Gasteiger partial charge in [0.2, 0.25) is 0 Å². The SMILES string of the molecule is CC(C1=NNC(=O)/C1=C/c1cc2ccccc2[nH]1)c1ccc(N)cc1. The minimum atomic E-state index is -0.184. The fraction of sp³-hybridized carbons (Fsp3) is 0.100. The van der Waals surface area contributed by atoms with E-state index in [9.17, 15) is 4.79 Å². The average molecular weight is 330 g/mol. The van der Waals surface area contributed by atoms with Crippen molar-refractivity contribution in [3.05, 3.63) is 71.4 Å². The maximum absolute atomic E-state index is 12.3. The highest BCUT2D eigenvalue weighted by Crippen LogP contribution is 2.26. The van der Waals surface area contributed by atoms with Gasteiger partial charge in [-0.2, -0.15) is 5.10 Å². The molecule has 1 aliphatic rings. The molecule has 1 unspecified atom stereocenters. The molecule has 1 aliphatic heterocycles. The summed E-state index contributed by atoms with van der Waals surface area (Å²) in [6, 6.07) is 17.7. The number of rotatable bonds is 3. The quantitative estimate of drug-likeness (QED) is 0.508. The van der Waals surface area contributed by atoms with E-state index >= 15 is 0 Å². The van der Waals surface area contributed by atoms with Crippen LogP contribution in [0.1, 0.15) is 24.1 Å². The Kier molecular flexibility index (Phi) is 3.61. The van der Waals surface area contributed by atoms with Crippen LogP contribution in [0.2, 0.25) is 0 Å². The number of hydrogen-bond acceptors (Lipinski definition) is 3. The van der Waals surface area contributed by atoms with Crippen molar-refractivity contribution in [2.75, 3.05) is 5.73 Å². The second-order valence-electron chi connectivity index (χ2n) is 6.20. The Bertz CT molecular complexity index is 979. The van der Waals surface area contributed by atoms with Gasteiger partial charge in [-0.15, -0.1) is 0 Å². The molecule has 1 aromatic heterocycles. The Hall–Kier alpha value is -3.34. The fourth-order valence-corrected chi connectivity index (χ4v) is 3.09. The monoisotopic (exact) mass is 330 g/mol. The lowest BCUT2D eigenvalue weighted by Gasteiger charge is -2.12. The Morgan fingerprint density at radius 1 is 1.12 bits per heavy atom. The number of carbonyl (C=O) groups excluding carboxylic acids is 1. The van der Waals surface area contributed by atoms with Gasteiger partial charge in [0, 0.05) is 22.8 Å². The van der Waals surface area contributed by atoms with E-state index < -0.39 is 0 Å². The van der Waals surface area contributed by atoms with E-state index in [0.29, 0.717) is 11.3 Å². The fourth-order valence-electron chi connectivity index (χ4n) is 3.09. The van der Waals surface area contributed by atoms with E-state index in [0.717, 1.165) is 27.9 Å². The number of nitrogens with zero attached hydrogens (tertiary/aromatic N) is 1. The number of fused-ring (bicyclic) bond motifs is 1. The number of hydrazone groups is 1. The molecule has 0 radical (unpaired) electrons. The molecule has 2 heterocycles. The van der Waals surface area contributed by atoms with E-state index in [1.54, 1.807) is 0 Å². The van der Waals surface area contributed by atoms with Gasteiger partial charge in [0.25, 0.3) is 5.91 Å². The number of nitrogens with one attached hydrogen (secondary N) is 2. The van der Waals surface area contributed by atoms with Crippen LogP contribution in [0.4, 0.5) is 5.69 Å². The van der Waals surface area contributed by atoms with E-state index in [-0.39, 0.29) is 11.8 Å². The largest absolute Gasteiger partial charge is 0.399 e. The van der Waals surface area contributed by atoms with Crippen LogP contribution in [-0.4, -0.2) is 16.6 Å². The second kappa shape index (κ2) is 5.94. The van der Waals surface area contributed by atoms with E-state index in [4.69, 9.17) is 5.73 Å². The third-order valence-electron chi connectivity index (χ3n) is 4.50. The topological polar surface area (TPSA) is 83.3 Å². The van der Waals surface area contributed by atoms with Gasteiger partial charge in [0.15, 0.2) is 0 Å². The van der Waals surface area contributed by atoms with Crippen molar-refractivity contribution in [1.29, 1.82) is 0 Å². The Labute approximate surface area is 145 Å². The summed E-state index contributed by atoms with van der Waals surface area (Å²) < 4.78 is 0. The van der Waals surface area contributed by atoms with Crippen LogP contribution in [0.15, 0.2) is 65.3 Å². The Morgan fingerprint density at radius 2 is 1.88 bits per heavy atom.